The molecule has 0 unspecified atom stereocenters. The maximum absolute atomic E-state index is 14.2. The summed E-state index contributed by atoms with van der Waals surface area (Å²) in [4.78, 5) is 12.2. The summed E-state index contributed by atoms with van der Waals surface area (Å²) in [5.74, 6) is -2.33. The van der Waals surface area contributed by atoms with E-state index in [9.17, 15) is 22.4 Å². The fraction of sp³-hybridized carbons (Fsp3) is 0.316. The molecule has 0 bridgehead atoms. The molecule has 0 aliphatic heterocycles. The standard InChI is InChI=1S/C19H18ClF4NO2S/c1-2-7-27-18(26)13-6-4-3-5-12(13)10-25-16-9-17(14(20)8-15(16)21)28-11-19(22,23)24/h3-6,8-9,25H,2,7,10-11H2,1H3. The molecule has 1 N–H and O–H groups in total. The van der Waals surface area contributed by atoms with Crippen molar-refractivity contribution >= 4 is 35.0 Å². The van der Waals surface area contributed by atoms with E-state index in [1.165, 1.54) is 6.07 Å². The molecule has 9 heteroatoms. The van der Waals surface area contributed by atoms with Gasteiger partial charge in [0.25, 0.3) is 0 Å². The Morgan fingerprint density at radius 3 is 2.64 bits per heavy atom. The van der Waals surface area contributed by atoms with Crippen molar-refractivity contribution in [3.05, 3.63) is 58.4 Å². The summed E-state index contributed by atoms with van der Waals surface area (Å²) in [5, 5.41) is 2.71. The first kappa shape index (κ1) is 22.4. The molecule has 0 aliphatic carbocycles. The minimum Gasteiger partial charge on any atom is -0.462 e. The van der Waals surface area contributed by atoms with Gasteiger partial charge in [0.1, 0.15) is 5.82 Å². The Morgan fingerprint density at radius 2 is 1.96 bits per heavy atom. The summed E-state index contributed by atoms with van der Waals surface area (Å²) in [7, 11) is 0. The number of nitrogens with one attached hydrogen (secondary N) is 1. The zero-order valence-electron chi connectivity index (χ0n) is 14.9. The number of hydrogen-bond donors (Lipinski definition) is 1. The van der Waals surface area contributed by atoms with E-state index in [4.69, 9.17) is 16.3 Å². The normalized spacial score (nSPS) is 11.4. The lowest BCUT2D eigenvalue weighted by atomic mass is 10.1. The molecule has 0 fully saturated rings. The first-order valence-electron chi connectivity index (χ1n) is 8.38. The Bertz CT molecular complexity index is 830. The van der Waals surface area contributed by atoms with Crippen molar-refractivity contribution < 1.29 is 27.1 Å². The van der Waals surface area contributed by atoms with E-state index in [0.717, 1.165) is 6.07 Å². The molecule has 152 valence electrons. The molecule has 0 amide bonds. The number of halogens is 5. The van der Waals surface area contributed by atoms with Gasteiger partial charge < -0.3 is 10.1 Å². The Labute approximate surface area is 169 Å². The summed E-state index contributed by atoms with van der Waals surface area (Å²) < 4.78 is 56.6. The second kappa shape index (κ2) is 10.0. The van der Waals surface area contributed by atoms with Crippen LogP contribution < -0.4 is 5.32 Å². The van der Waals surface area contributed by atoms with Crippen LogP contribution in [0.5, 0.6) is 0 Å². The maximum Gasteiger partial charge on any atom is 0.398 e. The van der Waals surface area contributed by atoms with Crippen LogP contribution in [0.15, 0.2) is 41.3 Å². The van der Waals surface area contributed by atoms with Gasteiger partial charge in [0.2, 0.25) is 0 Å². The SMILES string of the molecule is CCCOC(=O)c1ccccc1CNc1cc(SCC(F)(F)F)c(Cl)cc1F. The van der Waals surface area contributed by atoms with E-state index < -0.39 is 23.7 Å². The molecule has 0 saturated carbocycles. The second-order valence-corrected chi connectivity index (χ2v) is 7.24. The van der Waals surface area contributed by atoms with Gasteiger partial charge in [-0.05, 0) is 30.2 Å². The van der Waals surface area contributed by atoms with Gasteiger partial charge in [0.05, 0.1) is 28.6 Å². The molecule has 2 aromatic carbocycles. The topological polar surface area (TPSA) is 38.3 Å². The van der Waals surface area contributed by atoms with Crippen molar-refractivity contribution in [2.45, 2.75) is 31.0 Å². The smallest absolute Gasteiger partial charge is 0.398 e. The average Bonchev–Trinajstić information content (AvgIpc) is 2.64. The molecule has 0 saturated heterocycles. The van der Waals surface area contributed by atoms with Crippen LogP contribution >= 0.6 is 23.4 Å². The number of carbonyl (C=O) groups is 1. The molecule has 3 nitrogen and oxygen atoms in total. The van der Waals surface area contributed by atoms with Crippen LogP contribution in [-0.2, 0) is 11.3 Å². The van der Waals surface area contributed by atoms with Crippen molar-refractivity contribution in [3.63, 3.8) is 0 Å². The van der Waals surface area contributed by atoms with Gasteiger partial charge in [0.15, 0.2) is 0 Å². The first-order chi connectivity index (χ1) is 13.2. The van der Waals surface area contributed by atoms with Crippen LogP contribution in [0.4, 0.5) is 23.2 Å². The van der Waals surface area contributed by atoms with Crippen LogP contribution in [0.25, 0.3) is 0 Å². The van der Waals surface area contributed by atoms with E-state index in [1.54, 1.807) is 24.3 Å². The van der Waals surface area contributed by atoms with Crippen LogP contribution in [-0.4, -0.2) is 24.5 Å². The van der Waals surface area contributed by atoms with Crippen molar-refractivity contribution in [3.8, 4) is 0 Å². The van der Waals surface area contributed by atoms with E-state index >= 15 is 0 Å². The third kappa shape index (κ3) is 6.60. The Hall–Kier alpha value is -1.93. The molecule has 2 rings (SSSR count). The van der Waals surface area contributed by atoms with Crippen molar-refractivity contribution in [1.82, 2.24) is 0 Å². The number of carbonyl (C=O) groups excluding carboxylic acids is 1. The fourth-order valence-electron chi connectivity index (χ4n) is 2.27. The van der Waals surface area contributed by atoms with Crippen LogP contribution in [0, 0.1) is 5.82 Å². The van der Waals surface area contributed by atoms with Gasteiger partial charge in [-0.25, -0.2) is 9.18 Å². The molecule has 2 aromatic rings. The Morgan fingerprint density at radius 1 is 1.25 bits per heavy atom. The van der Waals surface area contributed by atoms with Crippen molar-refractivity contribution in [1.29, 1.82) is 0 Å². The fourth-order valence-corrected chi connectivity index (χ4v) is 3.30. The zero-order valence-corrected chi connectivity index (χ0v) is 16.5. The monoisotopic (exact) mass is 435 g/mol. The number of rotatable bonds is 8. The molecule has 0 radical (unpaired) electrons. The zero-order chi connectivity index (χ0) is 20.7. The van der Waals surface area contributed by atoms with E-state index in [-0.39, 0.29) is 28.8 Å². The summed E-state index contributed by atoms with van der Waals surface area (Å²) in [6, 6.07) is 8.87. The molecule has 0 atom stereocenters. The van der Waals surface area contributed by atoms with Gasteiger partial charge in [-0.1, -0.05) is 36.7 Å². The number of benzene rings is 2. The summed E-state index contributed by atoms with van der Waals surface area (Å²) >= 11 is 6.32. The maximum atomic E-state index is 14.2. The summed E-state index contributed by atoms with van der Waals surface area (Å²) in [6.45, 7) is 2.24. The Balaban J connectivity index is 2.15. The second-order valence-electron chi connectivity index (χ2n) is 5.81. The molecule has 0 heterocycles. The lowest BCUT2D eigenvalue weighted by molar-refractivity contribution is -0.105. The van der Waals surface area contributed by atoms with Gasteiger partial charge in [0, 0.05) is 11.4 Å². The molecule has 0 aromatic heterocycles. The quantitative estimate of drug-likeness (QED) is 0.299. The lowest BCUT2D eigenvalue weighted by Crippen LogP contribution is -2.12. The minimum atomic E-state index is -4.37. The number of anilines is 1. The minimum absolute atomic E-state index is 0.00852. The highest BCUT2D eigenvalue weighted by molar-refractivity contribution is 7.99. The third-order valence-electron chi connectivity index (χ3n) is 3.56. The van der Waals surface area contributed by atoms with Gasteiger partial charge >= 0.3 is 12.1 Å². The predicted molar refractivity (Wildman–Crippen MR) is 103 cm³/mol. The van der Waals surface area contributed by atoms with Gasteiger partial charge in [-0.15, -0.1) is 11.8 Å². The number of thioether (sulfide) groups is 1. The molecule has 0 aliphatic rings. The molecule has 0 spiro atoms. The van der Waals surface area contributed by atoms with Crippen molar-refractivity contribution in [2.24, 2.45) is 0 Å². The van der Waals surface area contributed by atoms with Crippen LogP contribution in [0.2, 0.25) is 5.02 Å². The number of ether oxygens (including phenoxy) is 1. The molecule has 28 heavy (non-hydrogen) atoms. The highest BCUT2D eigenvalue weighted by Crippen LogP contribution is 2.35. The molecular weight excluding hydrogens is 418 g/mol. The average molecular weight is 436 g/mol. The van der Waals surface area contributed by atoms with E-state index in [0.29, 0.717) is 29.3 Å². The summed E-state index contributed by atoms with van der Waals surface area (Å²) in [6.07, 6.45) is -3.69. The molecular formula is C19H18ClF4NO2S. The van der Waals surface area contributed by atoms with Crippen LogP contribution in [0.1, 0.15) is 29.3 Å². The van der Waals surface area contributed by atoms with E-state index in [1.807, 2.05) is 6.92 Å². The highest BCUT2D eigenvalue weighted by atomic mass is 35.5. The highest BCUT2D eigenvalue weighted by Gasteiger charge is 2.28. The van der Waals surface area contributed by atoms with E-state index in [2.05, 4.69) is 5.32 Å². The lowest BCUT2D eigenvalue weighted by Gasteiger charge is -2.14. The van der Waals surface area contributed by atoms with Gasteiger partial charge in [-0.2, -0.15) is 13.2 Å². The number of esters is 1. The van der Waals surface area contributed by atoms with Crippen LogP contribution in [0.3, 0.4) is 0 Å². The Kier molecular flexibility index (Phi) is 8.00. The largest absolute Gasteiger partial charge is 0.462 e. The van der Waals surface area contributed by atoms with Crippen molar-refractivity contribution in [2.75, 3.05) is 17.7 Å². The third-order valence-corrected chi connectivity index (χ3v) is 5.10. The summed E-state index contributed by atoms with van der Waals surface area (Å²) in [5.41, 5.74) is 0.901. The number of hydrogen-bond acceptors (Lipinski definition) is 4. The predicted octanol–water partition coefficient (Wildman–Crippen LogP) is 6.31. The van der Waals surface area contributed by atoms with Gasteiger partial charge in [-0.3, -0.25) is 0 Å². The first-order valence-corrected chi connectivity index (χ1v) is 9.75. The number of alkyl halides is 3.